The first-order valence-corrected chi connectivity index (χ1v) is 5.29. The zero-order valence-corrected chi connectivity index (χ0v) is 9.58. The van der Waals surface area contributed by atoms with E-state index < -0.39 is 23.4 Å². The number of carbonyl (C=O) groups is 1. The van der Waals surface area contributed by atoms with Crippen molar-refractivity contribution < 1.29 is 18.0 Å². The van der Waals surface area contributed by atoms with Gasteiger partial charge in [-0.25, -0.2) is 13.2 Å². The Labute approximate surface area is 106 Å². The maximum Gasteiger partial charge on any atom is 0.255 e. The Morgan fingerprint density at radius 1 is 0.947 bits per heavy atom. The standard InChI is InChI=1S/C13H9F3N2O/c14-9-3-2-8(6-10(9)15)18-13(19)7-1-4-12(17)11(16)5-7/h1-6H,17H2,(H,18,19). The molecule has 0 fully saturated rings. The van der Waals surface area contributed by atoms with Crippen LogP contribution in [0.25, 0.3) is 0 Å². The van der Waals surface area contributed by atoms with Gasteiger partial charge in [-0.05, 0) is 30.3 Å². The van der Waals surface area contributed by atoms with Crippen LogP contribution in [0.15, 0.2) is 36.4 Å². The molecular formula is C13H9F3N2O. The summed E-state index contributed by atoms with van der Waals surface area (Å²) in [5.41, 5.74) is 5.30. The zero-order valence-electron chi connectivity index (χ0n) is 9.58. The average molecular weight is 266 g/mol. The molecule has 0 unspecified atom stereocenters. The molecule has 0 bridgehead atoms. The van der Waals surface area contributed by atoms with Crippen molar-refractivity contribution in [2.75, 3.05) is 11.1 Å². The van der Waals surface area contributed by atoms with E-state index >= 15 is 0 Å². The van der Waals surface area contributed by atoms with Crippen LogP contribution < -0.4 is 11.1 Å². The van der Waals surface area contributed by atoms with Crippen molar-refractivity contribution in [3.63, 3.8) is 0 Å². The lowest BCUT2D eigenvalue weighted by molar-refractivity contribution is 0.102. The maximum atomic E-state index is 13.2. The van der Waals surface area contributed by atoms with Crippen LogP contribution in [0.2, 0.25) is 0 Å². The molecule has 0 heterocycles. The molecule has 2 aromatic rings. The smallest absolute Gasteiger partial charge is 0.255 e. The minimum atomic E-state index is -1.08. The van der Waals surface area contributed by atoms with Crippen LogP contribution in [0, 0.1) is 17.5 Å². The number of nitrogens with one attached hydrogen (secondary N) is 1. The highest BCUT2D eigenvalue weighted by atomic mass is 19.2. The van der Waals surface area contributed by atoms with E-state index in [9.17, 15) is 18.0 Å². The van der Waals surface area contributed by atoms with Gasteiger partial charge in [0.2, 0.25) is 0 Å². The fourth-order valence-corrected chi connectivity index (χ4v) is 1.45. The summed E-state index contributed by atoms with van der Waals surface area (Å²) in [6.07, 6.45) is 0. The summed E-state index contributed by atoms with van der Waals surface area (Å²) in [5.74, 6) is -3.47. The molecule has 0 spiro atoms. The van der Waals surface area contributed by atoms with Gasteiger partial charge in [0.05, 0.1) is 5.69 Å². The molecule has 0 aliphatic heterocycles. The van der Waals surface area contributed by atoms with E-state index in [0.717, 1.165) is 18.2 Å². The second-order valence-electron chi connectivity index (χ2n) is 3.82. The van der Waals surface area contributed by atoms with Gasteiger partial charge in [0.25, 0.3) is 5.91 Å². The summed E-state index contributed by atoms with van der Waals surface area (Å²) >= 11 is 0. The predicted molar refractivity (Wildman–Crippen MR) is 65.1 cm³/mol. The number of hydrogen-bond donors (Lipinski definition) is 2. The van der Waals surface area contributed by atoms with Crippen LogP contribution in [0.1, 0.15) is 10.4 Å². The number of carbonyl (C=O) groups excluding carboxylic acids is 1. The van der Waals surface area contributed by atoms with E-state index in [1.807, 2.05) is 0 Å². The summed E-state index contributed by atoms with van der Waals surface area (Å²) in [5, 5.41) is 2.32. The molecule has 3 nitrogen and oxygen atoms in total. The lowest BCUT2D eigenvalue weighted by Gasteiger charge is -2.06. The monoisotopic (exact) mass is 266 g/mol. The molecule has 0 aromatic heterocycles. The van der Waals surface area contributed by atoms with E-state index in [2.05, 4.69) is 5.32 Å². The van der Waals surface area contributed by atoms with Gasteiger partial charge in [0.1, 0.15) is 5.82 Å². The molecule has 0 saturated heterocycles. The summed E-state index contributed by atoms with van der Waals surface area (Å²) in [6.45, 7) is 0. The van der Waals surface area contributed by atoms with Gasteiger partial charge in [-0.2, -0.15) is 0 Å². The lowest BCUT2D eigenvalue weighted by atomic mass is 10.2. The Morgan fingerprint density at radius 2 is 1.68 bits per heavy atom. The SMILES string of the molecule is Nc1ccc(C(=O)Nc2ccc(F)c(F)c2)cc1F. The van der Waals surface area contributed by atoms with Crippen LogP contribution in [0.4, 0.5) is 24.5 Å². The van der Waals surface area contributed by atoms with E-state index in [0.29, 0.717) is 0 Å². The molecule has 6 heteroatoms. The third kappa shape index (κ3) is 2.85. The number of hydrogen-bond acceptors (Lipinski definition) is 2. The Bertz CT molecular complexity index is 644. The van der Waals surface area contributed by atoms with Crippen LogP contribution in [-0.2, 0) is 0 Å². The third-order valence-electron chi connectivity index (χ3n) is 2.44. The summed E-state index contributed by atoms with van der Waals surface area (Å²) < 4.78 is 38.8. The normalized spacial score (nSPS) is 10.3. The van der Waals surface area contributed by atoms with E-state index in [-0.39, 0.29) is 16.9 Å². The van der Waals surface area contributed by atoms with Gasteiger partial charge in [-0.15, -0.1) is 0 Å². The molecule has 2 rings (SSSR count). The van der Waals surface area contributed by atoms with Crippen molar-refractivity contribution in [2.45, 2.75) is 0 Å². The Balaban J connectivity index is 2.20. The van der Waals surface area contributed by atoms with Gasteiger partial charge >= 0.3 is 0 Å². The fraction of sp³-hybridized carbons (Fsp3) is 0. The van der Waals surface area contributed by atoms with Crippen LogP contribution in [0.3, 0.4) is 0 Å². The Kier molecular flexibility index (Phi) is 3.41. The van der Waals surface area contributed by atoms with E-state index in [4.69, 9.17) is 5.73 Å². The Hall–Kier alpha value is -2.50. The number of halogens is 3. The fourth-order valence-electron chi connectivity index (χ4n) is 1.45. The molecule has 19 heavy (non-hydrogen) atoms. The quantitative estimate of drug-likeness (QED) is 0.821. The van der Waals surface area contributed by atoms with E-state index in [1.54, 1.807) is 0 Å². The predicted octanol–water partition coefficient (Wildman–Crippen LogP) is 2.94. The minimum Gasteiger partial charge on any atom is -0.396 e. The summed E-state index contributed by atoms with van der Waals surface area (Å²) in [4.78, 5) is 11.7. The molecule has 98 valence electrons. The second-order valence-corrected chi connectivity index (χ2v) is 3.82. The summed E-state index contributed by atoms with van der Waals surface area (Å²) in [6, 6.07) is 6.45. The molecule has 1 amide bonds. The van der Waals surface area contributed by atoms with E-state index in [1.165, 1.54) is 18.2 Å². The highest BCUT2D eigenvalue weighted by Gasteiger charge is 2.10. The molecule has 0 atom stereocenters. The third-order valence-corrected chi connectivity index (χ3v) is 2.44. The topological polar surface area (TPSA) is 55.1 Å². The second kappa shape index (κ2) is 5.01. The van der Waals surface area contributed by atoms with Crippen molar-refractivity contribution in [3.8, 4) is 0 Å². The number of anilines is 2. The highest BCUT2D eigenvalue weighted by molar-refractivity contribution is 6.04. The van der Waals surface area contributed by atoms with Gasteiger partial charge in [0.15, 0.2) is 11.6 Å². The van der Waals surface area contributed by atoms with Gasteiger partial charge in [-0.1, -0.05) is 0 Å². The molecule has 0 aliphatic carbocycles. The lowest BCUT2D eigenvalue weighted by Crippen LogP contribution is -2.12. The number of rotatable bonds is 2. The Morgan fingerprint density at radius 3 is 2.32 bits per heavy atom. The largest absolute Gasteiger partial charge is 0.396 e. The maximum absolute atomic E-state index is 13.2. The molecule has 3 N–H and O–H groups in total. The minimum absolute atomic E-state index is 0.0245. The van der Waals surface area contributed by atoms with Crippen LogP contribution in [-0.4, -0.2) is 5.91 Å². The average Bonchev–Trinajstić information content (AvgIpc) is 2.37. The van der Waals surface area contributed by atoms with Gasteiger partial charge < -0.3 is 11.1 Å². The molecule has 0 radical (unpaired) electrons. The van der Waals surface area contributed by atoms with Crippen LogP contribution >= 0.6 is 0 Å². The first kappa shape index (κ1) is 12.9. The van der Waals surface area contributed by atoms with Crippen molar-refractivity contribution in [1.82, 2.24) is 0 Å². The van der Waals surface area contributed by atoms with Crippen molar-refractivity contribution in [3.05, 3.63) is 59.4 Å². The molecule has 0 aliphatic rings. The highest BCUT2D eigenvalue weighted by Crippen LogP contribution is 2.16. The first-order chi connectivity index (χ1) is 8.97. The van der Waals surface area contributed by atoms with Crippen LogP contribution in [0.5, 0.6) is 0 Å². The van der Waals surface area contributed by atoms with Crippen molar-refractivity contribution >= 4 is 17.3 Å². The zero-order chi connectivity index (χ0) is 14.0. The number of nitrogen functional groups attached to an aromatic ring is 1. The molecule has 0 saturated carbocycles. The number of nitrogens with two attached hydrogens (primary N) is 1. The summed E-state index contributed by atoms with van der Waals surface area (Å²) in [7, 11) is 0. The van der Waals surface area contributed by atoms with Gasteiger partial charge in [0, 0.05) is 17.3 Å². The number of amides is 1. The molecule has 2 aromatic carbocycles. The van der Waals surface area contributed by atoms with Crippen molar-refractivity contribution in [1.29, 1.82) is 0 Å². The van der Waals surface area contributed by atoms with Crippen molar-refractivity contribution in [2.24, 2.45) is 0 Å². The van der Waals surface area contributed by atoms with Gasteiger partial charge in [-0.3, -0.25) is 4.79 Å². The first-order valence-electron chi connectivity index (χ1n) is 5.29. The number of benzene rings is 2. The molecular weight excluding hydrogens is 257 g/mol.